The van der Waals surface area contributed by atoms with Gasteiger partial charge in [-0.3, -0.25) is 4.79 Å². The number of phenolic OH excluding ortho intramolecular Hbond substituents is 1. The first-order valence-corrected chi connectivity index (χ1v) is 5.36. The van der Waals surface area contributed by atoms with Crippen LogP contribution >= 0.6 is 0 Å². The van der Waals surface area contributed by atoms with Gasteiger partial charge in [0.25, 0.3) is 0 Å². The second-order valence-electron chi connectivity index (χ2n) is 3.94. The van der Waals surface area contributed by atoms with Crippen molar-refractivity contribution in [1.29, 1.82) is 0 Å². The Morgan fingerprint density at radius 2 is 1.88 bits per heavy atom. The van der Waals surface area contributed by atoms with Crippen molar-refractivity contribution in [2.75, 3.05) is 7.11 Å². The quantitative estimate of drug-likeness (QED) is 0.852. The average molecular weight is 222 g/mol. The van der Waals surface area contributed by atoms with Gasteiger partial charge in [-0.25, -0.2) is 0 Å². The van der Waals surface area contributed by atoms with E-state index in [0.717, 1.165) is 16.7 Å². The Labute approximate surface area is 96.1 Å². The number of methoxy groups -OCH3 is 1. The van der Waals surface area contributed by atoms with Crippen LogP contribution in [0.1, 0.15) is 36.1 Å². The van der Waals surface area contributed by atoms with Crippen LogP contribution in [-0.2, 0) is 9.53 Å². The monoisotopic (exact) mass is 222 g/mol. The van der Waals surface area contributed by atoms with Crippen LogP contribution in [0.4, 0.5) is 0 Å². The van der Waals surface area contributed by atoms with E-state index < -0.39 is 6.10 Å². The van der Waals surface area contributed by atoms with Crippen molar-refractivity contribution in [2.45, 2.75) is 33.3 Å². The van der Waals surface area contributed by atoms with Gasteiger partial charge in [0.1, 0.15) is 11.9 Å². The minimum Gasteiger partial charge on any atom is -0.507 e. The summed E-state index contributed by atoms with van der Waals surface area (Å²) in [5, 5.41) is 9.66. The summed E-state index contributed by atoms with van der Waals surface area (Å²) in [6, 6.07) is 3.59. The Kier molecular flexibility index (Phi) is 4.07. The second kappa shape index (κ2) is 5.12. The van der Waals surface area contributed by atoms with Crippen molar-refractivity contribution in [1.82, 2.24) is 0 Å². The fraction of sp³-hybridized carbons (Fsp3) is 0.462. The van der Waals surface area contributed by atoms with Gasteiger partial charge in [0.15, 0.2) is 5.78 Å². The number of hydrogen-bond donors (Lipinski definition) is 1. The summed E-state index contributed by atoms with van der Waals surface area (Å²) in [5.41, 5.74) is 2.34. The minimum atomic E-state index is -0.525. The number of Topliss-reactive ketones (excluding diaryl/α,β-unsaturated/α-hetero) is 1. The van der Waals surface area contributed by atoms with E-state index in [1.165, 1.54) is 7.11 Å². The Morgan fingerprint density at radius 3 is 2.25 bits per heavy atom. The number of aryl methyl sites for hydroxylation is 2. The maximum absolute atomic E-state index is 11.7. The van der Waals surface area contributed by atoms with Gasteiger partial charge in [-0.2, -0.15) is 0 Å². The summed E-state index contributed by atoms with van der Waals surface area (Å²) < 4.78 is 5.21. The highest BCUT2D eigenvalue weighted by molar-refractivity contribution is 5.84. The van der Waals surface area contributed by atoms with Gasteiger partial charge in [-0.15, -0.1) is 0 Å². The lowest BCUT2D eigenvalue weighted by Crippen LogP contribution is -2.13. The Hall–Kier alpha value is -1.35. The van der Waals surface area contributed by atoms with E-state index in [4.69, 9.17) is 4.74 Å². The summed E-state index contributed by atoms with van der Waals surface area (Å²) >= 11 is 0. The van der Waals surface area contributed by atoms with E-state index >= 15 is 0 Å². The predicted octanol–water partition coefficient (Wildman–Crippen LogP) is 2.68. The fourth-order valence-corrected chi connectivity index (χ4v) is 1.78. The molecule has 1 aromatic carbocycles. The first-order valence-electron chi connectivity index (χ1n) is 5.36. The lowest BCUT2D eigenvalue weighted by molar-refractivity contribution is -0.128. The Morgan fingerprint density at radius 1 is 1.38 bits per heavy atom. The molecule has 0 saturated carbocycles. The predicted molar refractivity (Wildman–Crippen MR) is 62.6 cm³/mol. The summed E-state index contributed by atoms with van der Waals surface area (Å²) in [6.07, 6.45) is -0.0831. The maximum atomic E-state index is 11.7. The zero-order valence-corrected chi connectivity index (χ0v) is 10.2. The van der Waals surface area contributed by atoms with Crippen LogP contribution in [0.2, 0.25) is 0 Å². The molecule has 0 saturated heterocycles. The highest BCUT2D eigenvalue weighted by atomic mass is 16.5. The molecule has 16 heavy (non-hydrogen) atoms. The van der Waals surface area contributed by atoms with Crippen molar-refractivity contribution in [3.05, 3.63) is 28.8 Å². The van der Waals surface area contributed by atoms with Gasteiger partial charge in [-0.05, 0) is 42.7 Å². The molecule has 0 spiro atoms. The SMILES string of the molecule is CCC(=O)C(OC)c1cc(C)c(O)c(C)c1. The standard InChI is InChI=1S/C13H18O3/c1-5-11(14)13(16-4)10-6-8(2)12(15)9(3)7-10/h6-7,13,15H,5H2,1-4H3. The number of carbonyl (C=O) groups excluding carboxylic acids is 1. The fourth-order valence-electron chi connectivity index (χ4n) is 1.78. The van der Waals surface area contributed by atoms with Crippen molar-refractivity contribution >= 4 is 5.78 Å². The molecule has 0 aliphatic rings. The highest BCUT2D eigenvalue weighted by Gasteiger charge is 2.19. The second-order valence-corrected chi connectivity index (χ2v) is 3.94. The van der Waals surface area contributed by atoms with Gasteiger partial charge in [0.2, 0.25) is 0 Å². The normalized spacial score (nSPS) is 12.5. The van der Waals surface area contributed by atoms with Crippen LogP contribution in [0.15, 0.2) is 12.1 Å². The molecule has 0 heterocycles. The molecule has 0 radical (unpaired) electrons. The molecular weight excluding hydrogens is 204 g/mol. The van der Waals surface area contributed by atoms with Crippen molar-refractivity contribution in [2.24, 2.45) is 0 Å². The molecule has 0 fully saturated rings. The zero-order valence-electron chi connectivity index (χ0n) is 10.2. The van der Waals surface area contributed by atoms with E-state index in [9.17, 15) is 9.90 Å². The average Bonchev–Trinajstić information content (AvgIpc) is 2.26. The molecule has 1 unspecified atom stereocenters. The Bertz CT molecular complexity index is 373. The van der Waals surface area contributed by atoms with E-state index in [-0.39, 0.29) is 11.5 Å². The third-order valence-electron chi connectivity index (χ3n) is 2.69. The molecule has 1 atom stereocenters. The number of phenols is 1. The number of benzene rings is 1. The smallest absolute Gasteiger partial charge is 0.165 e. The molecule has 0 aliphatic heterocycles. The third-order valence-corrected chi connectivity index (χ3v) is 2.69. The number of aromatic hydroxyl groups is 1. The van der Waals surface area contributed by atoms with Crippen LogP contribution < -0.4 is 0 Å². The van der Waals surface area contributed by atoms with Crippen LogP contribution in [-0.4, -0.2) is 18.0 Å². The number of ketones is 1. The van der Waals surface area contributed by atoms with Crippen LogP contribution in [0.3, 0.4) is 0 Å². The van der Waals surface area contributed by atoms with E-state index in [1.807, 2.05) is 20.8 Å². The summed E-state index contributed by atoms with van der Waals surface area (Å²) in [7, 11) is 1.52. The highest BCUT2D eigenvalue weighted by Crippen LogP contribution is 2.28. The van der Waals surface area contributed by atoms with Gasteiger partial charge >= 0.3 is 0 Å². The Balaban J connectivity index is 3.16. The van der Waals surface area contributed by atoms with E-state index in [1.54, 1.807) is 12.1 Å². The van der Waals surface area contributed by atoms with Gasteiger partial charge < -0.3 is 9.84 Å². The van der Waals surface area contributed by atoms with Crippen molar-refractivity contribution in [3.63, 3.8) is 0 Å². The topological polar surface area (TPSA) is 46.5 Å². The molecule has 88 valence electrons. The van der Waals surface area contributed by atoms with Gasteiger partial charge in [-0.1, -0.05) is 6.92 Å². The van der Waals surface area contributed by atoms with Crippen molar-refractivity contribution < 1.29 is 14.6 Å². The molecule has 1 rings (SSSR count). The van der Waals surface area contributed by atoms with Crippen LogP contribution in [0.5, 0.6) is 5.75 Å². The molecule has 1 aromatic rings. The maximum Gasteiger partial charge on any atom is 0.165 e. The summed E-state index contributed by atoms with van der Waals surface area (Å²) in [5.74, 6) is 0.328. The zero-order chi connectivity index (χ0) is 12.3. The number of rotatable bonds is 4. The molecule has 3 nitrogen and oxygen atoms in total. The lowest BCUT2D eigenvalue weighted by atomic mass is 9.98. The van der Waals surface area contributed by atoms with E-state index in [0.29, 0.717) is 6.42 Å². The molecule has 0 aromatic heterocycles. The summed E-state index contributed by atoms with van der Waals surface area (Å²) in [6.45, 7) is 5.44. The molecule has 0 aliphatic carbocycles. The first-order chi connectivity index (χ1) is 7.51. The largest absolute Gasteiger partial charge is 0.507 e. The minimum absolute atomic E-state index is 0.0481. The summed E-state index contributed by atoms with van der Waals surface area (Å²) in [4.78, 5) is 11.7. The molecular formula is C13H18O3. The lowest BCUT2D eigenvalue weighted by Gasteiger charge is -2.16. The van der Waals surface area contributed by atoms with E-state index in [2.05, 4.69) is 0 Å². The molecule has 3 heteroatoms. The molecule has 1 N–H and O–H groups in total. The number of ether oxygens (including phenoxy) is 1. The number of hydrogen-bond acceptors (Lipinski definition) is 3. The van der Waals surface area contributed by atoms with Crippen LogP contribution in [0, 0.1) is 13.8 Å². The van der Waals surface area contributed by atoms with Gasteiger partial charge in [0, 0.05) is 13.5 Å². The van der Waals surface area contributed by atoms with Gasteiger partial charge in [0.05, 0.1) is 0 Å². The molecule has 0 bridgehead atoms. The molecule has 0 amide bonds. The van der Waals surface area contributed by atoms with Crippen LogP contribution in [0.25, 0.3) is 0 Å². The van der Waals surface area contributed by atoms with Crippen molar-refractivity contribution in [3.8, 4) is 5.75 Å². The third kappa shape index (κ3) is 2.42. The number of carbonyl (C=O) groups is 1. The first kappa shape index (κ1) is 12.7.